The van der Waals surface area contributed by atoms with Crippen molar-refractivity contribution in [3.63, 3.8) is 0 Å². The Kier molecular flexibility index (Phi) is 6.42. The van der Waals surface area contributed by atoms with Gasteiger partial charge in [-0.15, -0.1) is 0 Å². The molecule has 16 heavy (non-hydrogen) atoms. The van der Waals surface area contributed by atoms with Crippen LogP contribution in [0.2, 0.25) is 0 Å². The van der Waals surface area contributed by atoms with Gasteiger partial charge in [0.1, 0.15) is 0 Å². The first-order chi connectivity index (χ1) is 7.72. The number of carbonyl (C=O) groups excluding carboxylic acids is 1. The number of unbranched alkanes of at least 4 members (excludes halogenated alkanes) is 1. The summed E-state index contributed by atoms with van der Waals surface area (Å²) in [6, 6.07) is 0. The van der Waals surface area contributed by atoms with Crippen LogP contribution in [-0.2, 0) is 4.79 Å². The van der Waals surface area contributed by atoms with E-state index in [0.717, 1.165) is 19.5 Å². The largest absolute Gasteiger partial charge is 0.356 e. The van der Waals surface area contributed by atoms with E-state index in [2.05, 4.69) is 10.2 Å². The maximum Gasteiger partial charge on any atom is 0.216 e. The molecule has 94 valence electrons. The summed E-state index contributed by atoms with van der Waals surface area (Å²) in [7, 11) is 0. The smallest absolute Gasteiger partial charge is 0.216 e. The Labute approximate surface area is 98.6 Å². The summed E-state index contributed by atoms with van der Waals surface area (Å²) < 4.78 is 0. The van der Waals surface area contributed by atoms with Crippen LogP contribution in [0.3, 0.4) is 0 Å². The van der Waals surface area contributed by atoms with Crippen LogP contribution in [0.15, 0.2) is 0 Å². The van der Waals surface area contributed by atoms with E-state index in [9.17, 15) is 4.79 Å². The zero-order valence-corrected chi connectivity index (χ0v) is 10.4. The summed E-state index contributed by atoms with van der Waals surface area (Å²) in [6.45, 7) is 6.78. The number of amides is 1. The Morgan fingerprint density at radius 1 is 1.38 bits per heavy atom. The number of nitrogens with zero attached hydrogens (tertiary/aromatic N) is 1. The molecule has 1 aliphatic rings. The molecule has 1 heterocycles. The number of hydrogen-bond acceptors (Lipinski definition) is 3. The standard InChI is InChI=1S/C12H25N3O/c1-11(16)14-10-12-4-8-15(9-5-12)7-3-2-6-13/h12H,2-10,13H2,1H3,(H,14,16). The van der Waals surface area contributed by atoms with Crippen LogP contribution in [0.4, 0.5) is 0 Å². The van der Waals surface area contributed by atoms with Gasteiger partial charge in [-0.2, -0.15) is 0 Å². The molecule has 0 saturated carbocycles. The highest BCUT2D eigenvalue weighted by atomic mass is 16.1. The van der Waals surface area contributed by atoms with Gasteiger partial charge in [0.25, 0.3) is 0 Å². The normalized spacial score (nSPS) is 18.6. The summed E-state index contributed by atoms with van der Waals surface area (Å²) in [6.07, 6.45) is 4.77. The van der Waals surface area contributed by atoms with Crippen LogP contribution in [0.5, 0.6) is 0 Å². The first kappa shape index (κ1) is 13.5. The van der Waals surface area contributed by atoms with Gasteiger partial charge >= 0.3 is 0 Å². The maximum absolute atomic E-state index is 10.8. The van der Waals surface area contributed by atoms with Crippen LogP contribution in [0.25, 0.3) is 0 Å². The molecule has 0 bridgehead atoms. The highest BCUT2D eigenvalue weighted by molar-refractivity contribution is 5.72. The van der Waals surface area contributed by atoms with Crippen LogP contribution < -0.4 is 11.1 Å². The molecular formula is C12H25N3O. The summed E-state index contributed by atoms with van der Waals surface area (Å²) in [5.41, 5.74) is 5.48. The lowest BCUT2D eigenvalue weighted by molar-refractivity contribution is -0.119. The lowest BCUT2D eigenvalue weighted by Gasteiger charge is -2.31. The van der Waals surface area contributed by atoms with Gasteiger partial charge in [-0.05, 0) is 57.8 Å². The highest BCUT2D eigenvalue weighted by Crippen LogP contribution is 2.16. The fourth-order valence-electron chi connectivity index (χ4n) is 2.18. The van der Waals surface area contributed by atoms with Crippen molar-refractivity contribution in [3.05, 3.63) is 0 Å². The highest BCUT2D eigenvalue weighted by Gasteiger charge is 2.18. The predicted octanol–water partition coefficient (Wildman–Crippen LogP) is 0.573. The molecule has 0 spiro atoms. The van der Waals surface area contributed by atoms with Crippen molar-refractivity contribution in [2.45, 2.75) is 32.6 Å². The maximum atomic E-state index is 10.8. The van der Waals surface area contributed by atoms with Crippen molar-refractivity contribution in [1.29, 1.82) is 0 Å². The van der Waals surface area contributed by atoms with Gasteiger partial charge in [0.15, 0.2) is 0 Å². The third kappa shape index (κ3) is 5.47. The molecule has 0 aliphatic carbocycles. The SMILES string of the molecule is CC(=O)NCC1CCN(CCCCN)CC1. The van der Waals surface area contributed by atoms with Crippen LogP contribution in [-0.4, -0.2) is 43.5 Å². The Hall–Kier alpha value is -0.610. The Bertz CT molecular complexity index is 200. The van der Waals surface area contributed by atoms with Crippen molar-refractivity contribution in [3.8, 4) is 0 Å². The Morgan fingerprint density at radius 2 is 2.06 bits per heavy atom. The number of nitrogens with one attached hydrogen (secondary N) is 1. The van der Waals surface area contributed by atoms with E-state index >= 15 is 0 Å². The summed E-state index contributed by atoms with van der Waals surface area (Å²) in [4.78, 5) is 13.3. The average Bonchev–Trinajstić information content (AvgIpc) is 2.28. The molecule has 0 atom stereocenters. The monoisotopic (exact) mass is 227 g/mol. The molecule has 4 heteroatoms. The second-order valence-corrected chi connectivity index (χ2v) is 4.72. The van der Waals surface area contributed by atoms with Gasteiger partial charge in [0.05, 0.1) is 0 Å². The topological polar surface area (TPSA) is 58.4 Å². The van der Waals surface area contributed by atoms with E-state index in [1.165, 1.54) is 38.9 Å². The van der Waals surface area contributed by atoms with Gasteiger partial charge in [0, 0.05) is 13.5 Å². The van der Waals surface area contributed by atoms with Gasteiger partial charge in [-0.25, -0.2) is 0 Å². The van der Waals surface area contributed by atoms with Gasteiger partial charge < -0.3 is 16.0 Å². The first-order valence-electron chi connectivity index (χ1n) is 6.39. The van der Waals surface area contributed by atoms with Crippen molar-refractivity contribution < 1.29 is 4.79 Å². The minimum Gasteiger partial charge on any atom is -0.356 e. The second kappa shape index (κ2) is 7.63. The minimum absolute atomic E-state index is 0.0883. The number of piperidine rings is 1. The number of carbonyl (C=O) groups is 1. The van der Waals surface area contributed by atoms with E-state index < -0.39 is 0 Å². The van der Waals surface area contributed by atoms with Crippen molar-refractivity contribution in [2.24, 2.45) is 11.7 Å². The molecule has 0 aromatic rings. The lowest BCUT2D eigenvalue weighted by atomic mass is 9.96. The average molecular weight is 227 g/mol. The summed E-state index contributed by atoms with van der Waals surface area (Å²) >= 11 is 0. The third-order valence-electron chi connectivity index (χ3n) is 3.28. The summed E-state index contributed by atoms with van der Waals surface area (Å²) in [5, 5.41) is 2.91. The molecule has 0 radical (unpaired) electrons. The Morgan fingerprint density at radius 3 is 2.62 bits per heavy atom. The fourth-order valence-corrected chi connectivity index (χ4v) is 2.18. The molecule has 1 fully saturated rings. The molecule has 0 aromatic carbocycles. The minimum atomic E-state index is 0.0883. The molecule has 1 aliphatic heterocycles. The van der Waals surface area contributed by atoms with Gasteiger partial charge in [-0.1, -0.05) is 0 Å². The van der Waals surface area contributed by atoms with Crippen molar-refractivity contribution >= 4 is 5.91 Å². The van der Waals surface area contributed by atoms with Gasteiger partial charge in [0.2, 0.25) is 5.91 Å². The second-order valence-electron chi connectivity index (χ2n) is 4.72. The quantitative estimate of drug-likeness (QED) is 0.652. The molecular weight excluding hydrogens is 202 g/mol. The van der Waals surface area contributed by atoms with Crippen LogP contribution >= 0.6 is 0 Å². The molecule has 1 rings (SSSR count). The third-order valence-corrected chi connectivity index (χ3v) is 3.28. The van der Waals surface area contributed by atoms with E-state index in [1.807, 2.05) is 0 Å². The summed E-state index contributed by atoms with van der Waals surface area (Å²) in [5.74, 6) is 0.764. The Balaban J connectivity index is 2.06. The number of hydrogen-bond donors (Lipinski definition) is 2. The number of nitrogens with two attached hydrogens (primary N) is 1. The molecule has 1 saturated heterocycles. The van der Waals surface area contributed by atoms with Crippen LogP contribution in [0, 0.1) is 5.92 Å². The lowest BCUT2D eigenvalue weighted by Crippen LogP contribution is -2.38. The molecule has 0 unspecified atom stereocenters. The zero-order valence-electron chi connectivity index (χ0n) is 10.4. The fraction of sp³-hybridized carbons (Fsp3) is 0.917. The van der Waals surface area contributed by atoms with Crippen LogP contribution in [0.1, 0.15) is 32.6 Å². The van der Waals surface area contributed by atoms with Crippen molar-refractivity contribution in [2.75, 3.05) is 32.7 Å². The zero-order chi connectivity index (χ0) is 11.8. The number of likely N-dealkylation sites (tertiary alicyclic amines) is 1. The first-order valence-corrected chi connectivity index (χ1v) is 6.39. The van der Waals surface area contributed by atoms with Gasteiger partial charge in [-0.3, -0.25) is 4.79 Å². The van der Waals surface area contributed by atoms with E-state index in [4.69, 9.17) is 5.73 Å². The van der Waals surface area contributed by atoms with E-state index in [-0.39, 0.29) is 5.91 Å². The molecule has 4 nitrogen and oxygen atoms in total. The number of rotatable bonds is 6. The predicted molar refractivity (Wildman–Crippen MR) is 66.1 cm³/mol. The van der Waals surface area contributed by atoms with E-state index in [1.54, 1.807) is 6.92 Å². The molecule has 0 aromatic heterocycles. The van der Waals surface area contributed by atoms with Crippen molar-refractivity contribution in [1.82, 2.24) is 10.2 Å². The molecule has 3 N–H and O–H groups in total. The van der Waals surface area contributed by atoms with E-state index in [0.29, 0.717) is 5.92 Å². The molecule has 1 amide bonds.